The molecule has 9 heteroatoms. The second-order valence-corrected chi connectivity index (χ2v) is 9.79. The maximum absolute atomic E-state index is 13.4. The average molecular weight is 500 g/mol. The summed E-state index contributed by atoms with van der Waals surface area (Å²) in [5.74, 6) is 0.0609. The summed E-state index contributed by atoms with van der Waals surface area (Å²) in [5, 5.41) is 4.41. The van der Waals surface area contributed by atoms with Gasteiger partial charge >= 0.3 is 0 Å². The van der Waals surface area contributed by atoms with Crippen molar-refractivity contribution in [3.05, 3.63) is 94.5 Å². The molecule has 0 aliphatic heterocycles. The van der Waals surface area contributed by atoms with Crippen molar-refractivity contribution in [3.8, 4) is 5.75 Å². The van der Waals surface area contributed by atoms with Crippen molar-refractivity contribution < 1.29 is 17.9 Å². The van der Waals surface area contributed by atoms with Crippen LogP contribution < -0.4 is 10.2 Å². The second-order valence-electron chi connectivity index (χ2n) is 7.42. The minimum Gasteiger partial charge on any atom is -0.493 e. The number of nitrogens with zero attached hydrogens (tertiary/aromatic N) is 2. The van der Waals surface area contributed by atoms with Gasteiger partial charge in [0, 0.05) is 17.1 Å². The summed E-state index contributed by atoms with van der Waals surface area (Å²) in [5.41, 5.74) is 4.82. The van der Waals surface area contributed by atoms with E-state index < -0.39 is 22.5 Å². The van der Waals surface area contributed by atoms with Crippen molar-refractivity contribution in [2.45, 2.75) is 25.3 Å². The Hall–Kier alpha value is -3.20. The lowest BCUT2D eigenvalue weighted by Crippen LogP contribution is -2.39. The fraction of sp³-hybridized carbons (Fsp3) is 0.200. The van der Waals surface area contributed by atoms with E-state index in [4.69, 9.17) is 16.3 Å². The lowest BCUT2D eigenvalue weighted by Gasteiger charge is -2.22. The number of benzene rings is 3. The third kappa shape index (κ3) is 6.66. The van der Waals surface area contributed by atoms with Gasteiger partial charge in [0.1, 0.15) is 5.75 Å². The maximum Gasteiger partial charge on any atom is 0.255 e. The minimum absolute atomic E-state index is 0.0297. The summed E-state index contributed by atoms with van der Waals surface area (Å²) in [4.78, 5) is 12.7. The fourth-order valence-corrected chi connectivity index (χ4v) is 4.70. The maximum atomic E-state index is 13.4. The van der Waals surface area contributed by atoms with Gasteiger partial charge < -0.3 is 4.74 Å². The zero-order valence-electron chi connectivity index (χ0n) is 18.9. The largest absolute Gasteiger partial charge is 0.493 e. The number of hydrogen-bond donors (Lipinski definition) is 1. The number of sulfonamides is 1. The highest BCUT2D eigenvalue weighted by atomic mass is 35.5. The van der Waals surface area contributed by atoms with E-state index in [1.54, 1.807) is 12.1 Å². The molecule has 0 unspecified atom stereocenters. The van der Waals surface area contributed by atoms with Crippen LogP contribution in [0.5, 0.6) is 5.75 Å². The first kappa shape index (κ1) is 25.4. The van der Waals surface area contributed by atoms with Crippen LogP contribution in [0.4, 0.5) is 0 Å². The van der Waals surface area contributed by atoms with Crippen LogP contribution >= 0.6 is 11.6 Å². The van der Waals surface area contributed by atoms with Crippen LogP contribution in [-0.4, -0.2) is 38.0 Å². The molecule has 3 aromatic carbocycles. The Morgan fingerprint density at radius 2 is 1.74 bits per heavy atom. The summed E-state index contributed by atoms with van der Waals surface area (Å²) >= 11 is 5.92. The Morgan fingerprint density at radius 1 is 1.06 bits per heavy atom. The van der Waals surface area contributed by atoms with Crippen LogP contribution in [0, 0.1) is 6.92 Å². The Balaban J connectivity index is 1.80. The Kier molecular flexibility index (Phi) is 8.81. The van der Waals surface area contributed by atoms with Gasteiger partial charge in [0.25, 0.3) is 5.91 Å². The molecular weight excluding hydrogens is 474 g/mol. The highest BCUT2D eigenvalue weighted by Gasteiger charge is 2.27. The molecule has 1 amide bonds. The molecule has 7 nitrogen and oxygen atoms in total. The molecule has 3 aromatic rings. The molecule has 34 heavy (non-hydrogen) atoms. The number of ether oxygens (including phenoxy) is 1. The summed E-state index contributed by atoms with van der Waals surface area (Å²) in [6, 6.07) is 20.5. The predicted molar refractivity (Wildman–Crippen MR) is 134 cm³/mol. The van der Waals surface area contributed by atoms with E-state index in [-0.39, 0.29) is 11.4 Å². The molecule has 0 saturated carbocycles. The Morgan fingerprint density at radius 3 is 2.44 bits per heavy atom. The molecule has 0 fully saturated rings. The van der Waals surface area contributed by atoms with E-state index >= 15 is 0 Å². The third-order valence-corrected chi connectivity index (χ3v) is 7.05. The number of carbonyl (C=O) groups is 1. The zero-order chi connectivity index (χ0) is 24.6. The first-order valence-electron chi connectivity index (χ1n) is 10.6. The molecule has 0 aromatic heterocycles. The van der Waals surface area contributed by atoms with Crippen LogP contribution in [0.3, 0.4) is 0 Å². The smallest absolute Gasteiger partial charge is 0.255 e. The molecule has 0 spiro atoms. The third-order valence-electron chi connectivity index (χ3n) is 4.99. The Bertz CT molecular complexity index is 1260. The van der Waals surface area contributed by atoms with E-state index in [0.717, 1.165) is 15.4 Å². The second kappa shape index (κ2) is 11.8. The molecule has 178 valence electrons. The number of amides is 1. The number of aryl methyl sites for hydroxylation is 1. The molecule has 0 aliphatic carbocycles. The minimum atomic E-state index is -3.98. The van der Waals surface area contributed by atoms with Gasteiger partial charge in [-0.05, 0) is 61.4 Å². The first-order valence-corrected chi connectivity index (χ1v) is 12.5. The Labute approximate surface area is 205 Å². The lowest BCUT2D eigenvalue weighted by molar-refractivity contribution is -0.121. The number of rotatable bonds is 10. The van der Waals surface area contributed by atoms with Crippen molar-refractivity contribution in [1.82, 2.24) is 9.73 Å². The zero-order valence-corrected chi connectivity index (χ0v) is 20.5. The molecule has 0 aliphatic rings. The highest BCUT2D eigenvalue weighted by molar-refractivity contribution is 7.89. The van der Waals surface area contributed by atoms with Crippen LogP contribution in [0.1, 0.15) is 23.6 Å². The van der Waals surface area contributed by atoms with Gasteiger partial charge in [-0.3, -0.25) is 4.79 Å². The number of halogens is 1. The van der Waals surface area contributed by atoms with Crippen LogP contribution in [0.2, 0.25) is 5.02 Å². The summed E-state index contributed by atoms with van der Waals surface area (Å²) in [7, 11) is -3.98. The van der Waals surface area contributed by atoms with Crippen LogP contribution in [0.15, 0.2) is 82.8 Å². The summed E-state index contributed by atoms with van der Waals surface area (Å²) in [6.07, 6.45) is 1.46. The molecule has 0 heterocycles. The van der Waals surface area contributed by atoms with Gasteiger partial charge in [-0.15, -0.1) is 0 Å². The average Bonchev–Trinajstić information content (AvgIpc) is 2.81. The number of nitrogens with one attached hydrogen (secondary N) is 1. The van der Waals surface area contributed by atoms with Crippen LogP contribution in [-0.2, 0) is 21.4 Å². The van der Waals surface area contributed by atoms with E-state index in [1.165, 1.54) is 30.5 Å². The lowest BCUT2D eigenvalue weighted by atomic mass is 10.1. The van der Waals surface area contributed by atoms with Crippen LogP contribution in [0.25, 0.3) is 0 Å². The molecular formula is C25H26ClN3O4S. The van der Waals surface area contributed by atoms with E-state index in [9.17, 15) is 13.2 Å². The fourth-order valence-electron chi connectivity index (χ4n) is 3.20. The molecule has 0 atom stereocenters. The normalized spacial score (nSPS) is 11.6. The van der Waals surface area contributed by atoms with E-state index in [0.29, 0.717) is 22.9 Å². The molecule has 0 saturated heterocycles. The monoisotopic (exact) mass is 499 g/mol. The van der Waals surface area contributed by atoms with Gasteiger partial charge in [0.2, 0.25) is 10.0 Å². The van der Waals surface area contributed by atoms with Gasteiger partial charge in [0.05, 0.1) is 24.3 Å². The van der Waals surface area contributed by atoms with Crippen molar-refractivity contribution >= 4 is 33.7 Å². The van der Waals surface area contributed by atoms with Crippen molar-refractivity contribution in [3.63, 3.8) is 0 Å². The topological polar surface area (TPSA) is 88.1 Å². The molecule has 3 rings (SSSR count). The predicted octanol–water partition coefficient (Wildman–Crippen LogP) is 4.39. The van der Waals surface area contributed by atoms with Crippen molar-refractivity contribution in [1.29, 1.82) is 0 Å². The van der Waals surface area contributed by atoms with Crippen molar-refractivity contribution in [2.75, 3.05) is 13.2 Å². The van der Waals surface area contributed by atoms with Gasteiger partial charge in [-0.25, -0.2) is 13.8 Å². The van der Waals surface area contributed by atoms with Crippen molar-refractivity contribution in [2.24, 2.45) is 5.10 Å². The standard InChI is InChI=1S/C25H26ClN3O4S/c1-3-33-24-11-7-6-9-20(24)16-27-28-25(30)18-29(17-21-10-5-4-8-19(21)2)34(31,32)23-14-12-22(26)13-15-23/h4-16H,3,17-18H2,1-2H3,(H,28,30)/b27-16-. The summed E-state index contributed by atoms with van der Waals surface area (Å²) in [6.45, 7) is 3.88. The van der Waals surface area contributed by atoms with Gasteiger partial charge in [-0.1, -0.05) is 48.0 Å². The highest BCUT2D eigenvalue weighted by Crippen LogP contribution is 2.21. The van der Waals surface area contributed by atoms with E-state index in [2.05, 4.69) is 10.5 Å². The molecule has 0 bridgehead atoms. The van der Waals surface area contributed by atoms with Gasteiger partial charge in [-0.2, -0.15) is 9.41 Å². The SMILES string of the molecule is CCOc1ccccc1/C=N\NC(=O)CN(Cc1ccccc1C)S(=O)(=O)c1ccc(Cl)cc1. The quantitative estimate of drug-likeness (QED) is 0.331. The summed E-state index contributed by atoms with van der Waals surface area (Å²) < 4.78 is 33.4. The number of para-hydroxylation sites is 1. The first-order chi connectivity index (χ1) is 16.3. The van der Waals surface area contributed by atoms with Gasteiger partial charge in [0.15, 0.2) is 0 Å². The molecule has 0 radical (unpaired) electrons. The molecule has 1 N–H and O–H groups in total. The number of hydrogen-bond acceptors (Lipinski definition) is 5. The van der Waals surface area contributed by atoms with E-state index in [1.807, 2.05) is 50.2 Å². The number of carbonyl (C=O) groups excluding carboxylic acids is 1. The number of hydrazone groups is 1.